The lowest BCUT2D eigenvalue weighted by Crippen LogP contribution is -3.00. The maximum absolute atomic E-state index is 2.40. The zero-order valence-corrected chi connectivity index (χ0v) is 24.8. The fourth-order valence-electron chi connectivity index (χ4n) is 4.82. The molecular formula is C28H60IP. The van der Waals surface area contributed by atoms with Crippen LogP contribution in [0.3, 0.4) is 0 Å². The van der Waals surface area contributed by atoms with Gasteiger partial charge in [-0.2, -0.15) is 0 Å². The van der Waals surface area contributed by atoms with Gasteiger partial charge in [0.05, 0.1) is 24.6 Å². The Morgan fingerprint density at radius 1 is 0.300 bits per heavy atom. The van der Waals surface area contributed by atoms with Gasteiger partial charge in [0.1, 0.15) is 0 Å². The molecule has 0 aromatic heterocycles. The van der Waals surface area contributed by atoms with E-state index in [4.69, 9.17) is 0 Å². The Balaban J connectivity index is 0. The highest BCUT2D eigenvalue weighted by molar-refractivity contribution is 7.75. The van der Waals surface area contributed by atoms with Gasteiger partial charge < -0.3 is 24.0 Å². The Hall–Kier alpha value is 1.16. The first-order valence-electron chi connectivity index (χ1n) is 14.1. The third-order valence-corrected chi connectivity index (χ3v) is 12.0. The van der Waals surface area contributed by atoms with Crippen molar-refractivity contribution in [3.8, 4) is 0 Å². The lowest BCUT2D eigenvalue weighted by atomic mass is 10.1. The summed E-state index contributed by atoms with van der Waals surface area (Å²) in [5.74, 6) is 0. The molecule has 184 valence electrons. The topological polar surface area (TPSA) is 0 Å². The van der Waals surface area contributed by atoms with Gasteiger partial charge >= 0.3 is 0 Å². The first kappa shape index (κ1) is 33.3. The van der Waals surface area contributed by atoms with Crippen LogP contribution in [-0.2, 0) is 0 Å². The molecule has 0 aliphatic carbocycles. The zero-order valence-electron chi connectivity index (χ0n) is 21.8. The van der Waals surface area contributed by atoms with Gasteiger partial charge in [0.25, 0.3) is 0 Å². The summed E-state index contributed by atoms with van der Waals surface area (Å²) in [7, 11) is -0.662. The van der Waals surface area contributed by atoms with Gasteiger partial charge in [0.2, 0.25) is 0 Å². The predicted octanol–water partition coefficient (Wildman–Crippen LogP) is 7.89. The monoisotopic (exact) mass is 554 g/mol. The van der Waals surface area contributed by atoms with E-state index < -0.39 is 7.26 Å². The van der Waals surface area contributed by atoms with Crippen molar-refractivity contribution in [3.05, 3.63) is 0 Å². The van der Waals surface area contributed by atoms with E-state index in [2.05, 4.69) is 27.7 Å². The molecule has 0 aliphatic heterocycles. The Morgan fingerprint density at radius 2 is 0.533 bits per heavy atom. The van der Waals surface area contributed by atoms with Crippen molar-refractivity contribution in [1.82, 2.24) is 0 Å². The van der Waals surface area contributed by atoms with Crippen LogP contribution in [0.25, 0.3) is 0 Å². The van der Waals surface area contributed by atoms with Crippen molar-refractivity contribution in [2.24, 2.45) is 0 Å². The Morgan fingerprint density at radius 3 is 0.833 bits per heavy atom. The largest absolute Gasteiger partial charge is 1.00 e. The first-order valence-corrected chi connectivity index (χ1v) is 16.6. The normalized spacial score (nSPS) is 11.6. The molecule has 0 aliphatic rings. The summed E-state index contributed by atoms with van der Waals surface area (Å²) in [5, 5.41) is 0. The number of hydrogen-bond acceptors (Lipinski definition) is 0. The summed E-state index contributed by atoms with van der Waals surface area (Å²) in [6.07, 6.45) is 36.0. The van der Waals surface area contributed by atoms with Crippen molar-refractivity contribution in [2.45, 2.75) is 156 Å². The average molecular weight is 555 g/mol. The molecule has 0 spiro atoms. The highest BCUT2D eigenvalue weighted by Crippen LogP contribution is 2.61. The summed E-state index contributed by atoms with van der Waals surface area (Å²) >= 11 is 0. The fourth-order valence-corrected chi connectivity index (χ4v) is 9.92. The van der Waals surface area contributed by atoms with Gasteiger partial charge in [-0.1, -0.05) is 118 Å². The van der Waals surface area contributed by atoms with Crippen molar-refractivity contribution < 1.29 is 24.0 Å². The van der Waals surface area contributed by atoms with E-state index in [0.29, 0.717) is 0 Å². The summed E-state index contributed by atoms with van der Waals surface area (Å²) < 4.78 is 0. The van der Waals surface area contributed by atoms with E-state index >= 15 is 0 Å². The van der Waals surface area contributed by atoms with Crippen LogP contribution >= 0.6 is 7.26 Å². The van der Waals surface area contributed by atoms with Crippen LogP contribution in [0.2, 0.25) is 0 Å². The van der Waals surface area contributed by atoms with Gasteiger partial charge in [-0.3, -0.25) is 0 Å². The summed E-state index contributed by atoms with van der Waals surface area (Å²) in [6, 6.07) is 0. The molecule has 0 aromatic rings. The Bertz CT molecular complexity index is 275. The van der Waals surface area contributed by atoms with Crippen molar-refractivity contribution in [3.63, 3.8) is 0 Å². The van der Waals surface area contributed by atoms with Crippen LogP contribution < -0.4 is 24.0 Å². The molecule has 0 fully saturated rings. The molecule has 0 amide bonds. The van der Waals surface area contributed by atoms with Crippen molar-refractivity contribution >= 4 is 7.26 Å². The maximum Gasteiger partial charge on any atom is 0.0594 e. The Kier molecular flexibility index (Phi) is 29.3. The second-order valence-corrected chi connectivity index (χ2v) is 14.4. The smallest absolute Gasteiger partial charge is 0.0594 e. The van der Waals surface area contributed by atoms with Gasteiger partial charge in [-0.25, -0.2) is 0 Å². The molecule has 0 atom stereocenters. The molecule has 0 bridgehead atoms. The number of unbranched alkanes of at least 4 members (excludes halogenated alkanes) is 16. The molecule has 0 aromatic carbocycles. The van der Waals surface area contributed by atoms with Crippen LogP contribution in [0.1, 0.15) is 156 Å². The van der Waals surface area contributed by atoms with E-state index in [9.17, 15) is 0 Å². The number of halogens is 1. The molecule has 0 nitrogen and oxygen atoms in total. The lowest BCUT2D eigenvalue weighted by Gasteiger charge is -2.28. The summed E-state index contributed by atoms with van der Waals surface area (Å²) in [6.45, 7) is 9.45. The second-order valence-electron chi connectivity index (χ2n) is 9.89. The van der Waals surface area contributed by atoms with Crippen LogP contribution in [0.4, 0.5) is 0 Å². The number of rotatable bonds is 24. The van der Waals surface area contributed by atoms with Crippen LogP contribution in [-0.4, -0.2) is 24.6 Å². The van der Waals surface area contributed by atoms with Gasteiger partial charge in [0.15, 0.2) is 0 Å². The van der Waals surface area contributed by atoms with E-state index in [0.717, 1.165) is 0 Å². The molecule has 0 unspecified atom stereocenters. The van der Waals surface area contributed by atoms with Crippen LogP contribution in [0, 0.1) is 0 Å². The SMILES string of the molecule is CCCCCCCCCC[P+](CCCC)(CCCC)CCCCCCCCCC.[I-]. The minimum atomic E-state index is -0.662. The third-order valence-electron chi connectivity index (χ3n) is 6.94. The van der Waals surface area contributed by atoms with Gasteiger partial charge in [-0.05, 0) is 38.5 Å². The van der Waals surface area contributed by atoms with E-state index in [-0.39, 0.29) is 24.0 Å². The molecular weight excluding hydrogens is 494 g/mol. The molecule has 2 heteroatoms. The van der Waals surface area contributed by atoms with E-state index in [1.165, 1.54) is 116 Å². The maximum atomic E-state index is 2.40. The van der Waals surface area contributed by atoms with Crippen LogP contribution in [0.5, 0.6) is 0 Å². The minimum Gasteiger partial charge on any atom is -1.00 e. The second kappa shape index (κ2) is 26.4. The Labute approximate surface area is 211 Å². The molecule has 0 saturated heterocycles. The third kappa shape index (κ3) is 21.0. The highest BCUT2D eigenvalue weighted by Gasteiger charge is 2.34. The zero-order chi connectivity index (χ0) is 21.5. The molecule has 0 rings (SSSR count). The van der Waals surface area contributed by atoms with E-state index in [1.54, 1.807) is 37.5 Å². The van der Waals surface area contributed by atoms with Gasteiger partial charge in [0, 0.05) is 7.26 Å². The predicted molar refractivity (Wildman–Crippen MR) is 141 cm³/mol. The van der Waals surface area contributed by atoms with Crippen LogP contribution in [0.15, 0.2) is 0 Å². The summed E-state index contributed by atoms with van der Waals surface area (Å²) in [4.78, 5) is 0. The average Bonchev–Trinajstić information content (AvgIpc) is 2.74. The number of hydrogen-bond donors (Lipinski definition) is 0. The van der Waals surface area contributed by atoms with Crippen molar-refractivity contribution in [2.75, 3.05) is 24.6 Å². The molecule has 0 heterocycles. The fraction of sp³-hybridized carbons (Fsp3) is 1.00. The van der Waals surface area contributed by atoms with Gasteiger partial charge in [-0.15, -0.1) is 0 Å². The summed E-state index contributed by atoms with van der Waals surface area (Å²) in [5.41, 5.74) is 0. The molecule has 30 heavy (non-hydrogen) atoms. The highest BCUT2D eigenvalue weighted by atomic mass is 127. The standard InChI is InChI=1S/C28H60P.HI/c1-5-9-13-15-17-19-21-23-27-29(25-11-7-3,26-12-8-4)28-24-22-20-18-16-14-10-6-2;/h5-28H2,1-4H3;1H/q+1;/p-1. The quantitative estimate of drug-likeness (QED) is 0.0647. The first-order chi connectivity index (χ1) is 14.2. The molecule has 0 saturated carbocycles. The molecule has 0 N–H and O–H groups in total. The minimum absolute atomic E-state index is 0. The molecule has 0 radical (unpaired) electrons. The van der Waals surface area contributed by atoms with Crippen molar-refractivity contribution in [1.29, 1.82) is 0 Å². The lowest BCUT2D eigenvalue weighted by molar-refractivity contribution is -0.00000667. The van der Waals surface area contributed by atoms with E-state index in [1.807, 2.05) is 0 Å².